The van der Waals surface area contributed by atoms with E-state index in [1.807, 2.05) is 84.4 Å². The fourth-order valence-corrected chi connectivity index (χ4v) is 4.28. The number of carbonyl (C=O) groups excluding carboxylic acids is 3. The van der Waals surface area contributed by atoms with E-state index in [1.165, 1.54) is 13.0 Å². The number of benzene rings is 2. The third-order valence-electron chi connectivity index (χ3n) is 5.37. The standard InChI is InChI=1S/C28H25N3O4S/c1-20(32)24(17-21-9-4-2-5-10-21)29-26(33)19-35-27(34)15-14-22-18-31(23-11-6-3-7-12-23)30-28(22)25-13-8-16-36-25/h2-16,18,24H,17,19H2,1H3,(H,29,33)/b15-14+. The van der Waals surface area contributed by atoms with Gasteiger partial charge in [0.15, 0.2) is 12.4 Å². The second kappa shape index (κ2) is 11.9. The normalized spacial score (nSPS) is 11.8. The number of amides is 1. The van der Waals surface area contributed by atoms with Gasteiger partial charge in [-0.25, -0.2) is 9.48 Å². The average Bonchev–Trinajstić information content (AvgIpc) is 3.57. The molecule has 0 saturated heterocycles. The van der Waals surface area contributed by atoms with E-state index in [9.17, 15) is 14.4 Å². The first kappa shape index (κ1) is 24.8. The van der Waals surface area contributed by atoms with Crippen molar-refractivity contribution in [3.8, 4) is 16.3 Å². The molecule has 0 spiro atoms. The van der Waals surface area contributed by atoms with Crippen LogP contribution in [0.15, 0.2) is 90.4 Å². The monoisotopic (exact) mass is 499 g/mol. The third-order valence-corrected chi connectivity index (χ3v) is 6.25. The molecule has 7 nitrogen and oxygen atoms in total. The van der Waals surface area contributed by atoms with Crippen LogP contribution in [-0.2, 0) is 25.5 Å². The van der Waals surface area contributed by atoms with Gasteiger partial charge in [0.25, 0.3) is 5.91 Å². The Balaban J connectivity index is 1.38. The summed E-state index contributed by atoms with van der Waals surface area (Å²) < 4.78 is 6.86. The summed E-state index contributed by atoms with van der Waals surface area (Å²) in [4.78, 5) is 37.6. The number of nitrogens with zero attached hydrogens (tertiary/aromatic N) is 2. The van der Waals surface area contributed by atoms with Crippen molar-refractivity contribution in [1.82, 2.24) is 15.1 Å². The number of hydrogen-bond donors (Lipinski definition) is 1. The minimum Gasteiger partial charge on any atom is -0.452 e. The van der Waals surface area contributed by atoms with Crippen LogP contribution in [0.5, 0.6) is 0 Å². The predicted molar refractivity (Wildman–Crippen MR) is 140 cm³/mol. The summed E-state index contributed by atoms with van der Waals surface area (Å²) in [6.45, 7) is 0.937. The topological polar surface area (TPSA) is 90.3 Å². The van der Waals surface area contributed by atoms with Gasteiger partial charge in [0, 0.05) is 17.8 Å². The maximum Gasteiger partial charge on any atom is 0.331 e. The van der Waals surface area contributed by atoms with Crippen LogP contribution < -0.4 is 5.32 Å². The molecule has 1 amide bonds. The van der Waals surface area contributed by atoms with Crippen LogP contribution in [0.1, 0.15) is 18.1 Å². The number of carbonyl (C=O) groups is 3. The van der Waals surface area contributed by atoms with E-state index in [4.69, 9.17) is 4.74 Å². The van der Waals surface area contributed by atoms with E-state index in [2.05, 4.69) is 10.4 Å². The van der Waals surface area contributed by atoms with Gasteiger partial charge in [-0.2, -0.15) is 5.10 Å². The largest absolute Gasteiger partial charge is 0.452 e. The lowest BCUT2D eigenvalue weighted by Crippen LogP contribution is -2.43. The fourth-order valence-electron chi connectivity index (χ4n) is 3.55. The van der Waals surface area contributed by atoms with E-state index in [1.54, 1.807) is 22.1 Å². The molecule has 2 heterocycles. The zero-order valence-corrected chi connectivity index (χ0v) is 20.5. The summed E-state index contributed by atoms with van der Waals surface area (Å²) in [5, 5.41) is 9.29. The van der Waals surface area contributed by atoms with Crippen molar-refractivity contribution in [3.63, 3.8) is 0 Å². The van der Waals surface area contributed by atoms with Crippen LogP contribution in [0.25, 0.3) is 22.3 Å². The lowest BCUT2D eigenvalue weighted by atomic mass is 10.0. The molecule has 0 aliphatic carbocycles. The highest BCUT2D eigenvalue weighted by Gasteiger charge is 2.18. The molecule has 8 heteroatoms. The first-order valence-electron chi connectivity index (χ1n) is 11.4. The van der Waals surface area contributed by atoms with Crippen molar-refractivity contribution in [1.29, 1.82) is 0 Å². The number of esters is 1. The number of hydrogen-bond acceptors (Lipinski definition) is 6. The summed E-state index contributed by atoms with van der Waals surface area (Å²) in [5.74, 6) is -1.38. The summed E-state index contributed by atoms with van der Waals surface area (Å²) in [6, 6.07) is 22.3. The van der Waals surface area contributed by atoms with Gasteiger partial charge >= 0.3 is 5.97 Å². The highest BCUT2D eigenvalue weighted by Crippen LogP contribution is 2.28. The maximum atomic E-state index is 12.3. The Morgan fingerprint density at radius 1 is 1.03 bits per heavy atom. The van der Waals surface area contributed by atoms with Crippen LogP contribution in [0, 0.1) is 0 Å². The van der Waals surface area contributed by atoms with Gasteiger partial charge in [-0.05, 0) is 48.6 Å². The number of nitrogens with one attached hydrogen (secondary N) is 1. The molecule has 0 aliphatic rings. The number of para-hydroxylation sites is 1. The summed E-state index contributed by atoms with van der Waals surface area (Å²) >= 11 is 1.55. The van der Waals surface area contributed by atoms with Crippen molar-refractivity contribution >= 4 is 35.1 Å². The third kappa shape index (κ3) is 6.64. The van der Waals surface area contributed by atoms with Gasteiger partial charge in [-0.3, -0.25) is 9.59 Å². The zero-order chi connectivity index (χ0) is 25.3. The molecule has 0 radical (unpaired) electrons. The minimum atomic E-state index is -0.689. The number of rotatable bonds is 10. The molecule has 0 bridgehead atoms. The predicted octanol–water partition coefficient (Wildman–Crippen LogP) is 4.47. The summed E-state index contributed by atoms with van der Waals surface area (Å²) in [5.41, 5.74) is 3.29. The lowest BCUT2D eigenvalue weighted by Gasteiger charge is -2.16. The van der Waals surface area contributed by atoms with Crippen LogP contribution >= 0.6 is 11.3 Å². The molecule has 0 aliphatic heterocycles. The molecule has 2 aromatic heterocycles. The highest BCUT2D eigenvalue weighted by molar-refractivity contribution is 7.13. The molecule has 0 fully saturated rings. The molecule has 36 heavy (non-hydrogen) atoms. The average molecular weight is 500 g/mol. The Labute approximate surface area is 213 Å². The van der Waals surface area contributed by atoms with E-state index < -0.39 is 24.5 Å². The highest BCUT2D eigenvalue weighted by atomic mass is 32.1. The first-order valence-corrected chi connectivity index (χ1v) is 12.2. The minimum absolute atomic E-state index is 0.171. The summed E-state index contributed by atoms with van der Waals surface area (Å²) in [7, 11) is 0. The molecule has 4 aromatic rings. The molecular formula is C28H25N3O4S. The lowest BCUT2D eigenvalue weighted by molar-refractivity contribution is -0.144. The quantitative estimate of drug-likeness (QED) is 0.257. The molecule has 0 saturated carbocycles. The number of ketones is 1. The van der Waals surface area contributed by atoms with Crippen LogP contribution in [0.3, 0.4) is 0 Å². The molecule has 1 N–H and O–H groups in total. The Morgan fingerprint density at radius 2 is 1.75 bits per heavy atom. The Kier molecular flexibility index (Phi) is 8.20. The zero-order valence-electron chi connectivity index (χ0n) is 19.7. The summed E-state index contributed by atoms with van der Waals surface area (Å²) in [6.07, 6.45) is 5.09. The van der Waals surface area contributed by atoms with Gasteiger partial charge in [0.05, 0.1) is 16.6 Å². The number of ether oxygens (including phenoxy) is 1. The van der Waals surface area contributed by atoms with Crippen LogP contribution in [-0.4, -0.2) is 40.1 Å². The smallest absolute Gasteiger partial charge is 0.331 e. The van der Waals surface area contributed by atoms with Crippen molar-refractivity contribution in [2.45, 2.75) is 19.4 Å². The van der Waals surface area contributed by atoms with Crippen molar-refractivity contribution < 1.29 is 19.1 Å². The van der Waals surface area contributed by atoms with Crippen molar-refractivity contribution in [2.75, 3.05) is 6.61 Å². The number of Topliss-reactive ketones (excluding diaryl/α,β-unsaturated/α-hetero) is 1. The molecular weight excluding hydrogens is 474 g/mol. The van der Waals surface area contributed by atoms with Crippen LogP contribution in [0.4, 0.5) is 0 Å². The first-order chi connectivity index (χ1) is 17.5. The van der Waals surface area contributed by atoms with Gasteiger partial charge in [-0.15, -0.1) is 11.3 Å². The Morgan fingerprint density at radius 3 is 2.42 bits per heavy atom. The van der Waals surface area contributed by atoms with E-state index in [-0.39, 0.29) is 5.78 Å². The second-order valence-electron chi connectivity index (χ2n) is 8.05. The number of thiophene rings is 1. The van der Waals surface area contributed by atoms with Crippen molar-refractivity contribution in [2.24, 2.45) is 0 Å². The van der Waals surface area contributed by atoms with E-state index in [0.717, 1.165) is 27.4 Å². The molecule has 182 valence electrons. The maximum absolute atomic E-state index is 12.3. The SMILES string of the molecule is CC(=O)C(Cc1ccccc1)NC(=O)COC(=O)/C=C/c1cn(-c2ccccc2)nc1-c1cccs1. The van der Waals surface area contributed by atoms with Gasteiger partial charge in [0.2, 0.25) is 0 Å². The van der Waals surface area contributed by atoms with Gasteiger partial charge in [0.1, 0.15) is 5.69 Å². The fraction of sp³-hybridized carbons (Fsp3) is 0.143. The van der Waals surface area contributed by atoms with Crippen molar-refractivity contribution in [3.05, 3.63) is 102 Å². The van der Waals surface area contributed by atoms with Gasteiger partial charge in [-0.1, -0.05) is 54.6 Å². The van der Waals surface area contributed by atoms with E-state index in [0.29, 0.717) is 6.42 Å². The molecule has 4 rings (SSSR count). The van der Waals surface area contributed by atoms with Crippen LogP contribution in [0.2, 0.25) is 0 Å². The Bertz CT molecular complexity index is 1350. The molecule has 1 atom stereocenters. The Hall–Kier alpha value is -4.30. The van der Waals surface area contributed by atoms with Gasteiger partial charge < -0.3 is 10.1 Å². The molecule has 1 unspecified atom stereocenters. The number of aromatic nitrogens is 2. The second-order valence-corrected chi connectivity index (χ2v) is 9.00. The molecule has 2 aromatic carbocycles. The van der Waals surface area contributed by atoms with E-state index >= 15 is 0 Å².